The molecule has 7 aromatic rings. The summed E-state index contributed by atoms with van der Waals surface area (Å²) in [7, 11) is 58.0. The van der Waals surface area contributed by atoms with Crippen molar-refractivity contribution in [2.75, 3.05) is 0 Å². The number of H-pyrrole nitrogens is 1. The van der Waals surface area contributed by atoms with Crippen molar-refractivity contribution in [1.82, 2.24) is 9.55 Å². The summed E-state index contributed by atoms with van der Waals surface area (Å²) in [5, 5.41) is 4.17. The second kappa shape index (κ2) is 9.14. The van der Waals surface area contributed by atoms with Crippen LogP contribution in [0.25, 0.3) is 60.4 Å². The van der Waals surface area contributed by atoms with Gasteiger partial charge in [-0.15, -0.1) is 16.4 Å². The van der Waals surface area contributed by atoms with Crippen LogP contribution in [0.5, 0.6) is 0 Å². The lowest BCUT2D eigenvalue weighted by molar-refractivity contribution is 1.21. The number of aromatic nitrogens is 2. The first-order valence-corrected chi connectivity index (χ1v) is 12.8. The van der Waals surface area contributed by atoms with E-state index < -0.39 is 0 Å². The van der Waals surface area contributed by atoms with Gasteiger partial charge < -0.3 is 9.55 Å². The van der Waals surface area contributed by atoms with E-state index in [9.17, 15) is 0 Å². The standard InChI is InChI=1S/C30H11B9N2/c31-21-19(22(32)26(36)27(37)25(21)35)20-23(33)28(38)30(29(39)24(20)34)41-17-8-4-2-6-12(17)14-9-16-13(10-18(14)41)11-5-1-3-7-15(11)40-16/h1-10,40H. The van der Waals surface area contributed by atoms with Crippen LogP contribution in [-0.2, 0) is 0 Å². The highest BCUT2D eigenvalue weighted by atomic mass is 15.0. The Morgan fingerprint density at radius 1 is 0.415 bits per heavy atom. The van der Waals surface area contributed by atoms with Crippen LogP contribution >= 0.6 is 0 Å². The maximum atomic E-state index is 6.80. The summed E-state index contributed by atoms with van der Waals surface area (Å²) in [5.41, 5.74) is 5.77. The van der Waals surface area contributed by atoms with Crippen LogP contribution in [0, 0.1) is 0 Å². The third-order valence-corrected chi connectivity index (χ3v) is 8.10. The molecule has 2 heterocycles. The summed E-state index contributed by atoms with van der Waals surface area (Å²) in [6.45, 7) is 0. The first kappa shape index (κ1) is 26.2. The van der Waals surface area contributed by atoms with Crippen LogP contribution in [0.15, 0.2) is 60.7 Å². The maximum Gasteiger partial charge on any atom is 0.115 e. The highest BCUT2D eigenvalue weighted by Gasteiger charge is 2.23. The average Bonchev–Trinajstić information content (AvgIpc) is 3.50. The molecule has 0 spiro atoms. The minimum Gasteiger partial charge on any atom is -0.354 e. The van der Waals surface area contributed by atoms with Crippen molar-refractivity contribution in [1.29, 1.82) is 0 Å². The summed E-state index contributed by atoms with van der Waals surface area (Å²) in [5.74, 6) is 0. The van der Waals surface area contributed by atoms with E-state index in [1.165, 1.54) is 0 Å². The van der Waals surface area contributed by atoms with Crippen molar-refractivity contribution in [3.05, 3.63) is 60.7 Å². The summed E-state index contributed by atoms with van der Waals surface area (Å²) in [4.78, 5) is 3.52. The fourth-order valence-corrected chi connectivity index (χ4v) is 6.00. The number of para-hydroxylation sites is 2. The largest absolute Gasteiger partial charge is 0.354 e. The van der Waals surface area contributed by atoms with Crippen molar-refractivity contribution in [3.8, 4) is 16.8 Å². The van der Waals surface area contributed by atoms with E-state index in [-0.39, 0.29) is 60.3 Å². The minimum absolute atomic E-state index is 0.0665. The molecule has 18 radical (unpaired) electrons. The predicted octanol–water partition coefficient (Wildman–Crippen LogP) is -2.77. The number of hydrogen-bond acceptors (Lipinski definition) is 0. The quantitative estimate of drug-likeness (QED) is 0.250. The predicted molar refractivity (Wildman–Crippen MR) is 184 cm³/mol. The normalized spacial score (nSPS) is 11.8. The summed E-state index contributed by atoms with van der Waals surface area (Å²) >= 11 is 0. The molecule has 2 nitrogen and oxygen atoms in total. The lowest BCUT2D eigenvalue weighted by Crippen LogP contribution is -2.57. The average molecular weight is 497 g/mol. The summed E-state index contributed by atoms with van der Waals surface area (Å²) < 4.78 is 1.99. The Hall–Kier alpha value is -3.72. The molecule has 0 unspecified atom stereocenters. The second-order valence-electron chi connectivity index (χ2n) is 10.3. The monoisotopic (exact) mass is 498 g/mol. The molecule has 2 aromatic heterocycles. The molecule has 0 bridgehead atoms. The Bertz CT molecular complexity index is 2210. The number of nitrogens with one attached hydrogen (secondary N) is 1. The number of rotatable bonds is 2. The molecule has 7 rings (SSSR count). The number of benzene rings is 5. The topological polar surface area (TPSA) is 20.7 Å². The van der Waals surface area contributed by atoms with Crippen LogP contribution in [-0.4, -0.2) is 80.2 Å². The van der Waals surface area contributed by atoms with Gasteiger partial charge in [-0.05, 0) is 35.4 Å². The second-order valence-corrected chi connectivity index (χ2v) is 10.3. The smallest absolute Gasteiger partial charge is 0.115 e. The first-order valence-electron chi connectivity index (χ1n) is 12.8. The Morgan fingerprint density at radius 2 is 0.927 bits per heavy atom. The van der Waals surface area contributed by atoms with E-state index in [0.717, 1.165) is 43.6 Å². The number of hydrogen-bond donors (Lipinski definition) is 1. The van der Waals surface area contributed by atoms with Gasteiger partial charge in [0.1, 0.15) is 70.6 Å². The Morgan fingerprint density at radius 3 is 1.56 bits per heavy atom. The van der Waals surface area contributed by atoms with Crippen LogP contribution in [0.4, 0.5) is 0 Å². The summed E-state index contributed by atoms with van der Waals surface area (Å²) in [6.07, 6.45) is 0. The molecule has 0 atom stereocenters. The molecule has 1 N–H and O–H groups in total. The molecule has 0 aliphatic rings. The molecule has 0 saturated carbocycles. The number of fused-ring (bicyclic) bond motifs is 6. The first-order chi connectivity index (χ1) is 19.6. The molecule has 0 fully saturated rings. The van der Waals surface area contributed by atoms with Gasteiger partial charge in [-0.3, -0.25) is 0 Å². The van der Waals surface area contributed by atoms with Crippen LogP contribution in [0.1, 0.15) is 0 Å². The van der Waals surface area contributed by atoms with Crippen molar-refractivity contribution >= 4 is 163 Å². The summed E-state index contributed by atoms with van der Waals surface area (Å²) in [6, 6.07) is 20.4. The van der Waals surface area contributed by atoms with E-state index in [1.54, 1.807) is 0 Å². The van der Waals surface area contributed by atoms with Gasteiger partial charge in [-0.25, -0.2) is 0 Å². The van der Waals surface area contributed by atoms with Gasteiger partial charge in [0.2, 0.25) is 0 Å². The highest BCUT2D eigenvalue weighted by Crippen LogP contribution is 2.36. The minimum atomic E-state index is 0.0665. The van der Waals surface area contributed by atoms with Crippen molar-refractivity contribution in [3.63, 3.8) is 0 Å². The number of nitrogens with zero attached hydrogens (tertiary/aromatic N) is 1. The molecule has 5 aromatic carbocycles. The van der Waals surface area contributed by atoms with Gasteiger partial charge in [0, 0.05) is 38.3 Å². The molecule has 11 heteroatoms. The van der Waals surface area contributed by atoms with Crippen LogP contribution in [0.3, 0.4) is 0 Å². The third-order valence-electron chi connectivity index (χ3n) is 8.10. The zero-order valence-corrected chi connectivity index (χ0v) is 21.9. The molecule has 0 saturated heterocycles. The molecule has 168 valence electrons. The highest BCUT2D eigenvalue weighted by molar-refractivity contribution is 6.70. The maximum absolute atomic E-state index is 6.80. The lowest BCUT2D eigenvalue weighted by Gasteiger charge is -2.28. The van der Waals surface area contributed by atoms with Gasteiger partial charge >= 0.3 is 0 Å². The zero-order valence-electron chi connectivity index (χ0n) is 21.9. The van der Waals surface area contributed by atoms with Crippen molar-refractivity contribution in [2.45, 2.75) is 0 Å². The zero-order chi connectivity index (χ0) is 28.9. The third kappa shape index (κ3) is 3.51. The Labute approximate surface area is 249 Å². The van der Waals surface area contributed by atoms with E-state index in [4.69, 9.17) is 70.6 Å². The van der Waals surface area contributed by atoms with Gasteiger partial charge in [0.05, 0.1) is 11.0 Å². The van der Waals surface area contributed by atoms with Gasteiger partial charge in [-0.2, -0.15) is 0 Å². The van der Waals surface area contributed by atoms with Crippen molar-refractivity contribution < 1.29 is 0 Å². The van der Waals surface area contributed by atoms with Gasteiger partial charge in [-0.1, -0.05) is 69.2 Å². The SMILES string of the molecule is [B]c1c([B])c([B])c(-c2c([B])c([B])c(-n3c4ccccc4c4cc5[nH]c6ccccc6c5cc43)c([B])c2[B])c([B])c1[B]. The molecule has 0 amide bonds. The molecule has 0 aliphatic heterocycles. The van der Waals surface area contributed by atoms with E-state index >= 15 is 0 Å². The van der Waals surface area contributed by atoms with E-state index in [2.05, 4.69) is 35.3 Å². The van der Waals surface area contributed by atoms with E-state index in [1.807, 2.05) is 34.9 Å². The molecule has 41 heavy (non-hydrogen) atoms. The fourth-order valence-electron chi connectivity index (χ4n) is 6.00. The van der Waals surface area contributed by atoms with Gasteiger partial charge in [0.25, 0.3) is 0 Å². The fraction of sp³-hybridized carbons (Fsp3) is 0. The van der Waals surface area contributed by atoms with Crippen molar-refractivity contribution in [2.24, 2.45) is 0 Å². The van der Waals surface area contributed by atoms with E-state index in [0.29, 0.717) is 5.69 Å². The number of aromatic amines is 1. The van der Waals surface area contributed by atoms with Gasteiger partial charge in [0.15, 0.2) is 0 Å². The van der Waals surface area contributed by atoms with Crippen LogP contribution < -0.4 is 49.2 Å². The molecular weight excluding hydrogens is 486 g/mol. The van der Waals surface area contributed by atoms with Crippen LogP contribution in [0.2, 0.25) is 0 Å². The molecular formula is C30H11B9N2. The lowest BCUT2D eigenvalue weighted by atomic mass is 9.56. The Kier molecular flexibility index (Phi) is 5.84. The molecule has 0 aliphatic carbocycles. The Balaban J connectivity index is 1.61.